The molecule has 0 spiro atoms. The maximum absolute atomic E-state index is 13.8. The number of piperazine rings is 1. The molecule has 64 heavy (non-hydrogen) atoms. The van der Waals surface area contributed by atoms with E-state index in [-0.39, 0.29) is 30.6 Å². The normalized spacial score (nSPS) is 19.5. The summed E-state index contributed by atoms with van der Waals surface area (Å²) in [4.78, 5) is 65.3. The fourth-order valence-electron chi connectivity index (χ4n) is 8.15. The van der Waals surface area contributed by atoms with E-state index in [9.17, 15) is 24.4 Å². The Morgan fingerprint density at radius 1 is 0.984 bits per heavy atom. The van der Waals surface area contributed by atoms with Gasteiger partial charge < -0.3 is 45.7 Å². The average molecular weight is 901 g/mol. The number of imidazole rings is 1. The molecule has 0 radical (unpaired) electrons. The number of hydrogen-bond donors (Lipinski definition) is 7. The van der Waals surface area contributed by atoms with E-state index < -0.39 is 55.8 Å². The monoisotopic (exact) mass is 900 g/mol. The first kappa shape index (κ1) is 48.3. The number of aliphatic hydroxyl groups excluding tert-OH is 2. The van der Waals surface area contributed by atoms with Crippen LogP contribution >= 0.6 is 7.60 Å². The molecule has 0 bridgehead atoms. The lowest BCUT2D eigenvalue weighted by atomic mass is 9.91. The number of nitrogens with one attached hydrogen (secondary N) is 2. The van der Waals surface area contributed by atoms with Gasteiger partial charge >= 0.3 is 7.60 Å². The number of nitrogens with zero attached hydrogens (tertiary/aromatic N) is 7. The molecule has 8 N–H and O–H groups in total. The standard InChI is InChI=1S/C36H47N5O4.C9H14N5O4P/c1-36(2,3)39-35(45)31-24-40(22-26-12-9-15-37-21-26)16-17-41(31)23-29(42)19-28(18-25-10-5-4-6-11-25)34(44)38-33-30-14-8-7-13-27(30)20-32(33)43;1-6(18-5-19(15,16)17)2-14-4-13-7-8(10)11-3-12-9(7)14/h4-15,21,28-29,31-33,42-43H,16-20,22-24H2,1-3H3,(H,38,44)(H,39,45);3-4,6H,2,5H2,1H3,(H2,10,11,12)(H2,15,16,17)/t28-,29-,31-,32+,33-;6-/m01/s1. The molecule has 0 saturated carbocycles. The third kappa shape index (κ3) is 13.9. The summed E-state index contributed by atoms with van der Waals surface area (Å²) in [6, 6.07) is 20.6. The molecule has 344 valence electrons. The van der Waals surface area contributed by atoms with Crippen molar-refractivity contribution >= 4 is 36.4 Å². The summed E-state index contributed by atoms with van der Waals surface area (Å²) in [6.07, 6.45) is 5.11. The number of rotatable bonds is 16. The van der Waals surface area contributed by atoms with Gasteiger partial charge in [-0.3, -0.25) is 28.9 Å². The number of carbonyl (C=O) groups is 2. The van der Waals surface area contributed by atoms with Crippen LogP contribution in [0.25, 0.3) is 11.2 Å². The molecule has 2 amide bonds. The Bertz CT molecular complexity index is 2340. The zero-order valence-corrected chi connectivity index (χ0v) is 37.7. The van der Waals surface area contributed by atoms with Crippen LogP contribution in [0, 0.1) is 5.92 Å². The number of ether oxygens (including phenoxy) is 1. The highest BCUT2D eigenvalue weighted by Crippen LogP contribution is 2.35. The van der Waals surface area contributed by atoms with Gasteiger partial charge in [-0.2, -0.15) is 0 Å². The second kappa shape index (κ2) is 21.7. The van der Waals surface area contributed by atoms with Gasteiger partial charge in [-0.05, 0) is 68.9 Å². The van der Waals surface area contributed by atoms with Crippen molar-refractivity contribution in [1.29, 1.82) is 0 Å². The lowest BCUT2D eigenvalue weighted by Gasteiger charge is -2.42. The molecule has 18 nitrogen and oxygen atoms in total. The molecule has 1 saturated heterocycles. The van der Waals surface area contributed by atoms with Gasteiger partial charge in [0.1, 0.15) is 24.2 Å². The second-order valence-corrected chi connectivity index (χ2v) is 19.3. The van der Waals surface area contributed by atoms with Crippen LogP contribution in [0.2, 0.25) is 0 Å². The van der Waals surface area contributed by atoms with Crippen LogP contribution in [0.15, 0.2) is 91.8 Å². The quantitative estimate of drug-likeness (QED) is 0.0704. The summed E-state index contributed by atoms with van der Waals surface area (Å²) in [6.45, 7) is 10.8. The van der Waals surface area contributed by atoms with Crippen molar-refractivity contribution in [2.45, 2.75) is 96.0 Å². The molecule has 19 heteroatoms. The number of aliphatic hydroxyl groups is 2. The second-order valence-electron chi connectivity index (χ2n) is 17.7. The van der Waals surface area contributed by atoms with E-state index in [1.807, 2.05) is 93.7 Å². The van der Waals surface area contributed by atoms with Gasteiger partial charge in [-0.15, -0.1) is 0 Å². The lowest BCUT2D eigenvalue weighted by molar-refractivity contribution is -0.132. The predicted octanol–water partition coefficient (Wildman–Crippen LogP) is 2.82. The van der Waals surface area contributed by atoms with E-state index >= 15 is 0 Å². The molecule has 2 aliphatic rings. The van der Waals surface area contributed by atoms with Crippen LogP contribution in [0.1, 0.15) is 62.4 Å². The molecule has 4 heterocycles. The minimum atomic E-state index is -4.16. The number of nitrogen functional groups attached to an aromatic ring is 1. The smallest absolute Gasteiger partial charge is 0.350 e. The lowest BCUT2D eigenvalue weighted by Crippen LogP contribution is -2.61. The number of fused-ring (bicyclic) bond motifs is 2. The molecule has 1 aliphatic heterocycles. The molecule has 1 aliphatic carbocycles. The highest BCUT2D eigenvalue weighted by atomic mass is 31.2. The molecule has 0 unspecified atom stereocenters. The Labute approximate surface area is 373 Å². The Balaban J connectivity index is 0.000000298. The molecule has 1 fully saturated rings. The van der Waals surface area contributed by atoms with Gasteiger partial charge in [0, 0.05) is 63.0 Å². The molecule has 6 atom stereocenters. The number of nitrogens with two attached hydrogens (primary N) is 1. The van der Waals surface area contributed by atoms with E-state index in [2.05, 4.69) is 40.4 Å². The van der Waals surface area contributed by atoms with Gasteiger partial charge in [0.05, 0.1) is 37.2 Å². The van der Waals surface area contributed by atoms with Crippen LogP contribution in [0.4, 0.5) is 5.82 Å². The van der Waals surface area contributed by atoms with Gasteiger partial charge in [0.25, 0.3) is 0 Å². The van der Waals surface area contributed by atoms with Gasteiger partial charge in [-0.1, -0.05) is 60.7 Å². The van der Waals surface area contributed by atoms with Crippen molar-refractivity contribution in [3.63, 3.8) is 0 Å². The number of anilines is 1. The highest BCUT2D eigenvalue weighted by Gasteiger charge is 2.37. The van der Waals surface area contributed by atoms with Gasteiger partial charge in [0.15, 0.2) is 11.5 Å². The zero-order valence-electron chi connectivity index (χ0n) is 36.8. The first-order chi connectivity index (χ1) is 30.4. The minimum absolute atomic E-state index is 0.0712. The van der Waals surface area contributed by atoms with Crippen LogP contribution in [0.3, 0.4) is 0 Å². The van der Waals surface area contributed by atoms with Crippen LogP contribution < -0.4 is 16.4 Å². The topological polar surface area (TPSA) is 254 Å². The van der Waals surface area contributed by atoms with Crippen LogP contribution in [-0.4, -0.2) is 129 Å². The molecular weight excluding hydrogens is 840 g/mol. The largest absolute Gasteiger partial charge is 0.392 e. The molecule has 5 aromatic rings. The van der Waals surface area contributed by atoms with Crippen molar-refractivity contribution in [2.24, 2.45) is 5.92 Å². The summed E-state index contributed by atoms with van der Waals surface area (Å²) >= 11 is 0. The molecule has 2 aromatic carbocycles. The Morgan fingerprint density at radius 2 is 1.72 bits per heavy atom. The van der Waals surface area contributed by atoms with Crippen molar-refractivity contribution in [1.82, 2.24) is 44.9 Å². The average Bonchev–Trinajstić information content (AvgIpc) is 3.80. The minimum Gasteiger partial charge on any atom is -0.392 e. The molecule has 3 aromatic heterocycles. The molecular formula is C45H61N10O8P. The van der Waals surface area contributed by atoms with Gasteiger partial charge in [0.2, 0.25) is 11.8 Å². The summed E-state index contributed by atoms with van der Waals surface area (Å²) in [5, 5.41) is 28.5. The van der Waals surface area contributed by atoms with E-state index in [4.69, 9.17) is 20.3 Å². The van der Waals surface area contributed by atoms with E-state index in [1.165, 1.54) is 12.7 Å². The highest BCUT2D eigenvalue weighted by molar-refractivity contribution is 7.51. The number of pyridine rings is 1. The number of amides is 2. The number of hydrogen-bond acceptors (Lipinski definition) is 13. The predicted molar refractivity (Wildman–Crippen MR) is 241 cm³/mol. The van der Waals surface area contributed by atoms with E-state index in [1.54, 1.807) is 17.7 Å². The first-order valence-electron chi connectivity index (χ1n) is 21.5. The van der Waals surface area contributed by atoms with Crippen molar-refractivity contribution in [2.75, 3.05) is 38.3 Å². The fraction of sp³-hybridized carbons (Fsp3) is 0.467. The van der Waals surface area contributed by atoms with Crippen molar-refractivity contribution in [3.05, 3.63) is 114 Å². The SMILES string of the molecule is CC(C)(C)NC(=O)[C@@H]1CN(Cc2cccnc2)CCN1C[C@@H](O)C[C@H](Cc1ccccc1)C(=O)N[C@H]1c2ccccc2C[C@H]1O.C[C@H](Cn1cnc2c(N)ncnc21)OCP(=O)(O)O. The number of benzene rings is 2. The van der Waals surface area contributed by atoms with Crippen molar-refractivity contribution < 1.29 is 38.9 Å². The Morgan fingerprint density at radius 3 is 2.44 bits per heavy atom. The van der Waals surface area contributed by atoms with E-state index in [0.717, 1.165) is 28.8 Å². The van der Waals surface area contributed by atoms with Crippen molar-refractivity contribution in [3.8, 4) is 0 Å². The summed E-state index contributed by atoms with van der Waals surface area (Å²) in [7, 11) is -4.16. The third-order valence-electron chi connectivity index (χ3n) is 11.1. The van der Waals surface area contributed by atoms with E-state index in [0.29, 0.717) is 50.2 Å². The van der Waals surface area contributed by atoms with Crippen LogP contribution in [-0.2, 0) is 44.8 Å². The first-order valence-corrected chi connectivity index (χ1v) is 23.2. The Kier molecular flexibility index (Phi) is 16.4. The van der Waals surface area contributed by atoms with Gasteiger partial charge in [-0.25, -0.2) is 15.0 Å². The molecule has 7 rings (SSSR count). The summed E-state index contributed by atoms with van der Waals surface area (Å²) < 4.78 is 17.5. The maximum Gasteiger partial charge on any atom is 0.350 e. The Hall–Kier alpha value is -5.17. The zero-order chi connectivity index (χ0) is 46.0. The number of aromatic nitrogens is 5. The van der Waals surface area contributed by atoms with Crippen LogP contribution in [0.5, 0.6) is 0 Å². The summed E-state index contributed by atoms with van der Waals surface area (Å²) in [5.74, 6) is -0.497. The number of carbonyl (C=O) groups excluding carboxylic acids is 2. The summed E-state index contributed by atoms with van der Waals surface area (Å²) in [5.41, 5.74) is 10.4. The third-order valence-corrected chi connectivity index (χ3v) is 11.6. The number of β-amino-alcohol motifs (C(OH)–C–C–N with tert-alkyl or cyclic N) is 1. The fourth-order valence-corrected chi connectivity index (χ4v) is 8.60. The maximum atomic E-state index is 13.8.